The van der Waals surface area contributed by atoms with E-state index in [4.69, 9.17) is 0 Å². The number of hydrogen-bond acceptors (Lipinski definition) is 1. The second-order valence-electron chi connectivity index (χ2n) is 5.24. The lowest BCUT2D eigenvalue weighted by Crippen LogP contribution is -2.38. The van der Waals surface area contributed by atoms with E-state index < -0.39 is 17.7 Å². The zero-order chi connectivity index (χ0) is 13.4. The monoisotopic (exact) mass is 258 g/mol. The van der Waals surface area contributed by atoms with Gasteiger partial charge in [-0.2, -0.15) is 13.2 Å². The van der Waals surface area contributed by atoms with Crippen LogP contribution < -0.4 is 0 Å². The summed E-state index contributed by atoms with van der Waals surface area (Å²) in [7, 11) is 0. The van der Waals surface area contributed by atoms with Gasteiger partial charge in [-0.1, -0.05) is 29.8 Å². The molecule has 0 aliphatic heterocycles. The molecule has 2 rings (SSSR count). The smallest absolute Gasteiger partial charge is 0.385 e. The van der Waals surface area contributed by atoms with Crippen LogP contribution in [0.3, 0.4) is 0 Å². The summed E-state index contributed by atoms with van der Waals surface area (Å²) in [4.78, 5) is 0. The molecule has 1 aliphatic rings. The van der Waals surface area contributed by atoms with E-state index in [0.29, 0.717) is 18.4 Å². The van der Waals surface area contributed by atoms with Crippen molar-refractivity contribution in [2.24, 2.45) is 5.92 Å². The molecule has 0 saturated heterocycles. The van der Waals surface area contributed by atoms with Gasteiger partial charge < -0.3 is 5.11 Å². The fourth-order valence-corrected chi connectivity index (χ4v) is 2.73. The molecular weight excluding hydrogens is 241 g/mol. The van der Waals surface area contributed by atoms with Gasteiger partial charge >= 0.3 is 6.18 Å². The van der Waals surface area contributed by atoms with E-state index in [2.05, 4.69) is 0 Å². The maximum Gasteiger partial charge on any atom is 0.391 e. The van der Waals surface area contributed by atoms with Crippen LogP contribution in [0.5, 0.6) is 0 Å². The molecule has 1 aromatic rings. The molecule has 1 aromatic carbocycles. The highest BCUT2D eigenvalue weighted by molar-refractivity contribution is 5.28. The number of aryl methyl sites for hydroxylation is 1. The van der Waals surface area contributed by atoms with Crippen LogP contribution in [0.2, 0.25) is 0 Å². The first kappa shape index (κ1) is 13.4. The van der Waals surface area contributed by atoms with Crippen LogP contribution in [0.4, 0.5) is 13.2 Å². The molecule has 0 spiro atoms. The molecule has 2 atom stereocenters. The van der Waals surface area contributed by atoms with Crippen LogP contribution in [0.15, 0.2) is 24.3 Å². The number of halogens is 3. The Kier molecular flexibility index (Phi) is 3.41. The molecule has 0 bridgehead atoms. The van der Waals surface area contributed by atoms with Gasteiger partial charge in [0.15, 0.2) is 0 Å². The minimum atomic E-state index is -4.21. The van der Waals surface area contributed by atoms with Gasteiger partial charge in [-0.3, -0.25) is 0 Å². The maximum absolute atomic E-state index is 12.8. The first-order chi connectivity index (χ1) is 8.31. The Balaban J connectivity index is 2.25. The van der Waals surface area contributed by atoms with Gasteiger partial charge in [-0.15, -0.1) is 0 Å². The van der Waals surface area contributed by atoms with Gasteiger partial charge in [0.05, 0.1) is 11.5 Å². The van der Waals surface area contributed by atoms with Crippen molar-refractivity contribution in [3.8, 4) is 0 Å². The predicted octanol–water partition coefficient (Wildman–Crippen LogP) is 3.94. The normalized spacial score (nSPS) is 29.3. The number of alkyl halides is 3. The molecule has 1 N–H and O–H groups in total. The van der Waals surface area contributed by atoms with Crippen LogP contribution in [0.1, 0.15) is 36.8 Å². The highest BCUT2D eigenvalue weighted by Gasteiger charge is 2.47. The third-order valence-corrected chi connectivity index (χ3v) is 3.75. The number of rotatable bonds is 1. The van der Waals surface area contributed by atoms with Crippen molar-refractivity contribution in [1.82, 2.24) is 0 Å². The molecule has 0 aromatic heterocycles. The van der Waals surface area contributed by atoms with E-state index in [1.165, 1.54) is 0 Å². The van der Waals surface area contributed by atoms with Crippen molar-refractivity contribution < 1.29 is 18.3 Å². The summed E-state index contributed by atoms with van der Waals surface area (Å²) in [5, 5.41) is 10.5. The average molecular weight is 258 g/mol. The largest absolute Gasteiger partial charge is 0.391 e. The molecule has 100 valence electrons. The molecule has 18 heavy (non-hydrogen) atoms. The second kappa shape index (κ2) is 4.57. The molecule has 1 saturated carbocycles. The fourth-order valence-electron chi connectivity index (χ4n) is 2.73. The van der Waals surface area contributed by atoms with Gasteiger partial charge in [0.2, 0.25) is 0 Å². The summed E-state index contributed by atoms with van der Waals surface area (Å²) in [5.41, 5.74) is 0.233. The predicted molar refractivity (Wildman–Crippen MR) is 63.1 cm³/mol. The lowest BCUT2D eigenvalue weighted by molar-refractivity contribution is -0.201. The zero-order valence-electron chi connectivity index (χ0n) is 10.3. The Hall–Kier alpha value is -1.03. The summed E-state index contributed by atoms with van der Waals surface area (Å²) in [6.45, 7) is 1.87. The molecule has 0 radical (unpaired) electrons. The molecule has 1 aliphatic carbocycles. The Bertz CT molecular complexity index is 427. The third kappa shape index (κ3) is 2.69. The summed E-state index contributed by atoms with van der Waals surface area (Å²) in [6, 6.07) is 7.14. The first-order valence-electron chi connectivity index (χ1n) is 6.17. The average Bonchev–Trinajstić information content (AvgIpc) is 2.28. The van der Waals surface area contributed by atoms with Gasteiger partial charge in [0, 0.05) is 0 Å². The van der Waals surface area contributed by atoms with E-state index in [1.54, 1.807) is 18.2 Å². The van der Waals surface area contributed by atoms with Crippen molar-refractivity contribution in [3.05, 3.63) is 35.4 Å². The molecular formula is C14H17F3O. The number of aliphatic hydroxyl groups is 1. The highest BCUT2D eigenvalue weighted by Crippen LogP contribution is 2.46. The Morgan fingerprint density at radius 3 is 2.67 bits per heavy atom. The minimum Gasteiger partial charge on any atom is -0.385 e. The van der Waals surface area contributed by atoms with Crippen LogP contribution in [0.25, 0.3) is 0 Å². The fraction of sp³-hybridized carbons (Fsp3) is 0.571. The Morgan fingerprint density at radius 2 is 2.06 bits per heavy atom. The zero-order valence-corrected chi connectivity index (χ0v) is 10.3. The Morgan fingerprint density at radius 1 is 1.33 bits per heavy atom. The quantitative estimate of drug-likeness (QED) is 0.809. The van der Waals surface area contributed by atoms with E-state index in [1.807, 2.05) is 13.0 Å². The van der Waals surface area contributed by atoms with Crippen LogP contribution >= 0.6 is 0 Å². The van der Waals surface area contributed by atoms with Crippen molar-refractivity contribution in [2.45, 2.75) is 44.4 Å². The van der Waals surface area contributed by atoms with Crippen LogP contribution in [-0.4, -0.2) is 11.3 Å². The van der Waals surface area contributed by atoms with Crippen molar-refractivity contribution in [1.29, 1.82) is 0 Å². The highest BCUT2D eigenvalue weighted by atomic mass is 19.4. The molecule has 0 amide bonds. The summed E-state index contributed by atoms with van der Waals surface area (Å²) >= 11 is 0. The second-order valence-corrected chi connectivity index (χ2v) is 5.24. The van der Waals surface area contributed by atoms with E-state index in [-0.39, 0.29) is 12.8 Å². The summed E-state index contributed by atoms with van der Waals surface area (Å²) in [6.07, 6.45) is -3.49. The SMILES string of the molecule is Cc1cccc(C2(O)CCCC(C(F)(F)F)C2)c1. The number of benzene rings is 1. The minimum absolute atomic E-state index is 0.123. The maximum atomic E-state index is 12.8. The van der Waals surface area contributed by atoms with Crippen LogP contribution in [-0.2, 0) is 5.60 Å². The van der Waals surface area contributed by atoms with Gasteiger partial charge in [0.25, 0.3) is 0 Å². The van der Waals surface area contributed by atoms with Gasteiger partial charge in [-0.25, -0.2) is 0 Å². The van der Waals surface area contributed by atoms with Gasteiger partial charge in [-0.05, 0) is 38.2 Å². The third-order valence-electron chi connectivity index (χ3n) is 3.75. The molecule has 0 heterocycles. The molecule has 2 unspecified atom stereocenters. The molecule has 1 nitrogen and oxygen atoms in total. The lowest BCUT2D eigenvalue weighted by atomic mass is 9.74. The molecule has 1 fully saturated rings. The number of hydrogen-bond donors (Lipinski definition) is 1. The van der Waals surface area contributed by atoms with Crippen molar-refractivity contribution in [2.75, 3.05) is 0 Å². The van der Waals surface area contributed by atoms with Crippen LogP contribution in [0, 0.1) is 12.8 Å². The summed E-state index contributed by atoms with van der Waals surface area (Å²) in [5.74, 6) is -1.39. The van der Waals surface area contributed by atoms with E-state index >= 15 is 0 Å². The lowest BCUT2D eigenvalue weighted by Gasteiger charge is -2.38. The van der Waals surface area contributed by atoms with Crippen molar-refractivity contribution in [3.63, 3.8) is 0 Å². The molecule has 4 heteroatoms. The van der Waals surface area contributed by atoms with Crippen molar-refractivity contribution >= 4 is 0 Å². The first-order valence-corrected chi connectivity index (χ1v) is 6.17. The Labute approximate surface area is 105 Å². The summed E-state index contributed by atoms with van der Waals surface area (Å²) < 4.78 is 38.3. The standard InChI is InChI=1S/C14H17F3O/c1-10-4-2-5-11(8-10)13(18)7-3-6-12(9-13)14(15,16)17/h2,4-5,8,12,18H,3,6-7,9H2,1H3. The van der Waals surface area contributed by atoms with Gasteiger partial charge in [0.1, 0.15) is 0 Å². The van der Waals surface area contributed by atoms with E-state index in [9.17, 15) is 18.3 Å². The topological polar surface area (TPSA) is 20.2 Å². The van der Waals surface area contributed by atoms with E-state index in [0.717, 1.165) is 5.56 Å².